The summed E-state index contributed by atoms with van der Waals surface area (Å²) in [4.78, 5) is 11.7. The Bertz CT molecular complexity index is 655. The molecule has 1 fully saturated rings. The largest absolute Gasteiger partial charge is 0.478 e. The zero-order valence-corrected chi connectivity index (χ0v) is 14.1. The van der Waals surface area contributed by atoms with Gasteiger partial charge in [0.1, 0.15) is 0 Å². The molecule has 0 atom stereocenters. The van der Waals surface area contributed by atoms with Gasteiger partial charge in [0.15, 0.2) is 9.84 Å². The molecule has 0 spiro atoms. The number of rotatable bonds is 5. The average Bonchev–Trinajstić information content (AvgIpc) is 2.46. The summed E-state index contributed by atoms with van der Waals surface area (Å²) in [6.07, 6.45) is 8.05. The van der Waals surface area contributed by atoms with Crippen molar-refractivity contribution in [1.82, 2.24) is 0 Å². The number of aromatic carboxylic acids is 1. The monoisotopic (exact) mass is 324 g/mol. The smallest absolute Gasteiger partial charge is 0.336 e. The van der Waals surface area contributed by atoms with Crippen LogP contribution in [0.4, 0.5) is 0 Å². The minimum Gasteiger partial charge on any atom is -0.478 e. The highest BCUT2D eigenvalue weighted by Crippen LogP contribution is 2.37. The van der Waals surface area contributed by atoms with E-state index >= 15 is 0 Å². The third kappa shape index (κ3) is 3.69. The summed E-state index contributed by atoms with van der Waals surface area (Å²) in [6.45, 7) is 2.00. The number of aryl methyl sites for hydroxylation is 1. The molecule has 1 saturated carbocycles. The molecule has 1 aliphatic carbocycles. The standard InChI is InChI=1S/C17H24O4S/c1-3-7-13-10-14(12-8-5-4-6-9-12)16(22(2,20)21)11-15(13)17(18)19/h10-12H,3-9H2,1-2H3,(H,18,19). The number of carboxylic acid groups (broad SMARTS) is 1. The molecular weight excluding hydrogens is 300 g/mol. The molecule has 0 amide bonds. The molecule has 0 aromatic heterocycles. The summed E-state index contributed by atoms with van der Waals surface area (Å²) in [5.41, 5.74) is 1.71. The summed E-state index contributed by atoms with van der Waals surface area (Å²) in [5, 5.41) is 9.39. The molecule has 0 saturated heterocycles. The number of sulfone groups is 1. The quantitative estimate of drug-likeness (QED) is 0.894. The van der Waals surface area contributed by atoms with Gasteiger partial charge < -0.3 is 5.11 Å². The van der Waals surface area contributed by atoms with E-state index in [1.807, 2.05) is 13.0 Å². The van der Waals surface area contributed by atoms with Crippen molar-refractivity contribution in [3.05, 3.63) is 28.8 Å². The van der Waals surface area contributed by atoms with Gasteiger partial charge in [0.2, 0.25) is 0 Å². The van der Waals surface area contributed by atoms with Crippen molar-refractivity contribution in [2.24, 2.45) is 0 Å². The Balaban J connectivity index is 2.62. The van der Waals surface area contributed by atoms with Gasteiger partial charge in [-0.1, -0.05) is 38.7 Å². The first-order chi connectivity index (χ1) is 10.3. The van der Waals surface area contributed by atoms with Crippen molar-refractivity contribution in [3.63, 3.8) is 0 Å². The van der Waals surface area contributed by atoms with E-state index in [2.05, 4.69) is 0 Å². The number of hydrogen-bond acceptors (Lipinski definition) is 3. The highest BCUT2D eigenvalue weighted by atomic mass is 32.2. The first-order valence-corrected chi connectivity index (χ1v) is 9.84. The van der Waals surface area contributed by atoms with Gasteiger partial charge in [0, 0.05) is 6.26 Å². The highest BCUT2D eigenvalue weighted by molar-refractivity contribution is 7.90. The van der Waals surface area contributed by atoms with Crippen LogP contribution in [-0.4, -0.2) is 25.7 Å². The fourth-order valence-corrected chi connectivity index (χ4v) is 4.36. The van der Waals surface area contributed by atoms with E-state index in [1.54, 1.807) is 0 Å². The Morgan fingerprint density at radius 2 is 1.86 bits per heavy atom. The minimum atomic E-state index is -3.43. The molecule has 1 N–H and O–H groups in total. The van der Waals surface area contributed by atoms with Gasteiger partial charge in [0.25, 0.3) is 0 Å². The molecule has 0 radical (unpaired) electrons. The van der Waals surface area contributed by atoms with Gasteiger partial charge in [-0.25, -0.2) is 13.2 Å². The van der Waals surface area contributed by atoms with E-state index in [0.29, 0.717) is 6.42 Å². The maximum absolute atomic E-state index is 12.1. The summed E-state index contributed by atoms with van der Waals surface area (Å²) < 4.78 is 24.3. The Hall–Kier alpha value is -1.36. The van der Waals surface area contributed by atoms with Crippen LogP contribution in [0.15, 0.2) is 17.0 Å². The number of hydrogen-bond donors (Lipinski definition) is 1. The second-order valence-corrected chi connectivity index (χ2v) is 8.19. The number of carbonyl (C=O) groups is 1. The van der Waals surface area contributed by atoms with E-state index in [0.717, 1.165) is 43.2 Å². The van der Waals surface area contributed by atoms with E-state index in [1.165, 1.54) is 18.7 Å². The van der Waals surface area contributed by atoms with Crippen molar-refractivity contribution in [2.45, 2.75) is 62.7 Å². The summed E-state index contributed by atoms with van der Waals surface area (Å²) in [5.74, 6) is -0.819. The van der Waals surface area contributed by atoms with Crippen LogP contribution in [0.2, 0.25) is 0 Å². The van der Waals surface area contributed by atoms with Crippen LogP contribution in [0, 0.1) is 0 Å². The molecule has 5 heteroatoms. The van der Waals surface area contributed by atoms with Crippen LogP contribution in [0.3, 0.4) is 0 Å². The van der Waals surface area contributed by atoms with Crippen LogP contribution in [0.25, 0.3) is 0 Å². The van der Waals surface area contributed by atoms with Crippen LogP contribution >= 0.6 is 0 Å². The lowest BCUT2D eigenvalue weighted by atomic mass is 9.82. The van der Waals surface area contributed by atoms with Gasteiger partial charge in [-0.2, -0.15) is 0 Å². The maximum atomic E-state index is 12.1. The van der Waals surface area contributed by atoms with Crippen LogP contribution in [0.5, 0.6) is 0 Å². The fraction of sp³-hybridized carbons (Fsp3) is 0.588. The average molecular weight is 324 g/mol. The van der Waals surface area contributed by atoms with E-state index in [4.69, 9.17) is 0 Å². The van der Waals surface area contributed by atoms with E-state index in [9.17, 15) is 18.3 Å². The molecular formula is C17H24O4S. The third-order valence-electron chi connectivity index (χ3n) is 4.43. The van der Waals surface area contributed by atoms with Crippen molar-refractivity contribution >= 4 is 15.8 Å². The Labute approximate surface area is 132 Å². The maximum Gasteiger partial charge on any atom is 0.336 e. The van der Waals surface area contributed by atoms with Crippen LogP contribution in [-0.2, 0) is 16.3 Å². The summed E-state index contributed by atoms with van der Waals surface area (Å²) in [7, 11) is -3.43. The highest BCUT2D eigenvalue weighted by Gasteiger charge is 2.25. The number of benzene rings is 1. The third-order valence-corrected chi connectivity index (χ3v) is 5.58. The van der Waals surface area contributed by atoms with Crippen LogP contribution in [0.1, 0.15) is 72.9 Å². The van der Waals surface area contributed by atoms with Crippen molar-refractivity contribution in [3.8, 4) is 0 Å². The molecule has 2 rings (SSSR count). The van der Waals surface area contributed by atoms with Crippen LogP contribution < -0.4 is 0 Å². The molecule has 1 aromatic carbocycles. The van der Waals surface area contributed by atoms with Gasteiger partial charge >= 0.3 is 5.97 Å². The molecule has 1 aromatic rings. The lowest BCUT2D eigenvalue weighted by molar-refractivity contribution is 0.0695. The molecule has 0 heterocycles. The zero-order chi connectivity index (χ0) is 16.3. The molecule has 0 aliphatic heterocycles. The first kappa shape index (κ1) is 17.0. The van der Waals surface area contributed by atoms with E-state index < -0.39 is 15.8 Å². The fourth-order valence-electron chi connectivity index (χ4n) is 3.37. The normalized spacial score (nSPS) is 16.6. The van der Waals surface area contributed by atoms with Crippen molar-refractivity contribution in [1.29, 1.82) is 0 Å². The zero-order valence-electron chi connectivity index (χ0n) is 13.3. The Morgan fingerprint density at radius 3 is 2.36 bits per heavy atom. The molecule has 0 unspecified atom stereocenters. The summed E-state index contributed by atoms with van der Waals surface area (Å²) in [6, 6.07) is 3.23. The first-order valence-electron chi connectivity index (χ1n) is 7.94. The lowest BCUT2D eigenvalue weighted by Gasteiger charge is -2.25. The predicted molar refractivity (Wildman–Crippen MR) is 86.3 cm³/mol. The van der Waals surface area contributed by atoms with Crippen molar-refractivity contribution < 1.29 is 18.3 Å². The van der Waals surface area contributed by atoms with Gasteiger partial charge in [-0.3, -0.25) is 0 Å². The molecule has 0 bridgehead atoms. The lowest BCUT2D eigenvalue weighted by Crippen LogP contribution is -2.14. The van der Waals surface area contributed by atoms with Gasteiger partial charge in [-0.05, 0) is 42.4 Å². The second-order valence-electron chi connectivity index (χ2n) is 6.21. The van der Waals surface area contributed by atoms with E-state index in [-0.39, 0.29) is 16.4 Å². The molecule has 22 heavy (non-hydrogen) atoms. The summed E-state index contributed by atoms with van der Waals surface area (Å²) >= 11 is 0. The SMILES string of the molecule is CCCc1cc(C2CCCCC2)c(S(C)(=O)=O)cc1C(=O)O. The van der Waals surface area contributed by atoms with Gasteiger partial charge in [-0.15, -0.1) is 0 Å². The van der Waals surface area contributed by atoms with Crippen molar-refractivity contribution in [2.75, 3.05) is 6.26 Å². The second kappa shape index (κ2) is 6.82. The van der Waals surface area contributed by atoms with Gasteiger partial charge in [0.05, 0.1) is 10.5 Å². The minimum absolute atomic E-state index is 0.127. The number of carboxylic acids is 1. The molecule has 4 nitrogen and oxygen atoms in total. The predicted octanol–water partition coefficient (Wildman–Crippen LogP) is 3.79. The molecule has 122 valence electrons. The molecule has 1 aliphatic rings. The Kier molecular flexibility index (Phi) is 5.27. The topological polar surface area (TPSA) is 71.4 Å². The Morgan fingerprint density at radius 1 is 1.23 bits per heavy atom.